The molecule has 1 aliphatic heterocycles. The molecule has 8 heterocycles. The maximum absolute atomic E-state index is 12.1. The second-order valence-electron chi connectivity index (χ2n) is 20.7. The van der Waals surface area contributed by atoms with E-state index in [1.54, 1.807) is 22.7 Å². The van der Waals surface area contributed by atoms with E-state index in [2.05, 4.69) is 76.2 Å². The Labute approximate surface area is 478 Å². The fourth-order valence-electron chi connectivity index (χ4n) is 10.5. The third-order valence-corrected chi connectivity index (χ3v) is 23.6. The summed E-state index contributed by atoms with van der Waals surface area (Å²) in [6.07, 6.45) is 36.7. The van der Waals surface area contributed by atoms with Crippen molar-refractivity contribution in [3.63, 3.8) is 0 Å². The largest absolute Gasteiger partial charge is 0.485 e. The molecule has 0 fully saturated rings. The van der Waals surface area contributed by atoms with Crippen LogP contribution < -0.4 is 9.47 Å². The molecule has 8 rings (SSSR count). The number of aldehydes is 2. The molecule has 0 spiro atoms. The molecule has 0 atom stereocenters. The van der Waals surface area contributed by atoms with Crippen molar-refractivity contribution in [1.82, 2.24) is 0 Å². The summed E-state index contributed by atoms with van der Waals surface area (Å²) < 4.78 is 13.3. The van der Waals surface area contributed by atoms with Crippen molar-refractivity contribution >= 4 is 91.9 Å². The van der Waals surface area contributed by atoms with Crippen molar-refractivity contribution in [2.24, 2.45) is 0 Å². The summed E-state index contributed by atoms with van der Waals surface area (Å²) in [6.45, 7) is 10.2. The summed E-state index contributed by atoms with van der Waals surface area (Å²) in [6, 6.07) is 18.6. The zero-order valence-corrected chi connectivity index (χ0v) is 51.2. The Morgan fingerprint density at radius 3 is 0.947 bits per heavy atom. The number of hydrogen-bond donors (Lipinski definition) is 0. The zero-order valence-electron chi connectivity index (χ0n) is 45.5. The molecule has 0 N–H and O–H groups in total. The fraction of sp³-hybridized carbons (Fsp3) is 0.531. The maximum Gasteiger partial charge on any atom is 0.181 e. The monoisotopic (exact) mass is 1140 g/mol. The standard InChI is InChI=1S/C64H82O4S7/c1-5-9-13-17-21-25-29-45-39-49(43-65)69-59(45)51-33-35-53(71-51)61-47(31-27-23-19-15-11-7-3)41-55(73-61)63-57-58(68-38-37-67-57)64(75-63)56-42-48(32-28-24-20-16-12-8-4)62(74-56)54-36-34-52(72-54)60-46(40-50(44-66)70-60)30-26-22-18-14-10-6-2/h33-36,39-44H,5-32,37-38H2,1-4H3. The van der Waals surface area contributed by atoms with Crippen LogP contribution in [0.15, 0.2) is 48.5 Å². The van der Waals surface area contributed by atoms with Crippen LogP contribution in [0.2, 0.25) is 0 Å². The fourth-order valence-corrected chi connectivity index (χ4v) is 18.9. The van der Waals surface area contributed by atoms with Gasteiger partial charge in [-0.2, -0.15) is 0 Å². The van der Waals surface area contributed by atoms with Crippen LogP contribution in [0, 0.1) is 0 Å². The molecule has 0 unspecified atom stereocenters. The highest BCUT2D eigenvalue weighted by Gasteiger charge is 2.30. The third kappa shape index (κ3) is 15.8. The third-order valence-electron chi connectivity index (χ3n) is 14.7. The van der Waals surface area contributed by atoms with Crippen LogP contribution in [0.25, 0.3) is 58.5 Å². The minimum Gasteiger partial charge on any atom is -0.485 e. The van der Waals surface area contributed by atoms with Crippen LogP contribution in [-0.2, 0) is 25.7 Å². The Bertz CT molecular complexity index is 2630. The van der Waals surface area contributed by atoms with Crippen LogP contribution in [0.4, 0.5) is 0 Å². The highest BCUT2D eigenvalue weighted by atomic mass is 32.1. The number of thiophene rings is 7. The molecule has 0 aromatic carbocycles. The highest BCUT2D eigenvalue weighted by Crippen LogP contribution is 2.58. The average Bonchev–Trinajstić information content (AvgIpc) is 4.32. The van der Waals surface area contributed by atoms with Crippen LogP contribution >= 0.6 is 79.4 Å². The van der Waals surface area contributed by atoms with E-state index >= 15 is 0 Å². The molecular weight excluding hydrogens is 1060 g/mol. The van der Waals surface area contributed by atoms with Crippen LogP contribution in [-0.4, -0.2) is 25.8 Å². The lowest BCUT2D eigenvalue weighted by molar-refractivity contribution is 0.111. The van der Waals surface area contributed by atoms with Gasteiger partial charge in [0.25, 0.3) is 0 Å². The molecule has 7 aromatic heterocycles. The van der Waals surface area contributed by atoms with Gasteiger partial charge in [-0.1, -0.05) is 156 Å². The maximum atomic E-state index is 12.1. The van der Waals surface area contributed by atoms with E-state index in [4.69, 9.17) is 9.47 Å². The summed E-state index contributed by atoms with van der Waals surface area (Å²) in [5.41, 5.74) is 5.52. The SMILES string of the molecule is CCCCCCCCc1cc(C=O)sc1-c1ccc(-c2sc(-c3sc(-c4cc(CCCCCCCC)c(-c5ccc(-c6sc(C=O)cc6CCCCCCCC)s5)s4)c4c3OCCO4)cc2CCCCCCCC)s1. The van der Waals surface area contributed by atoms with Crippen molar-refractivity contribution < 1.29 is 19.1 Å². The van der Waals surface area contributed by atoms with Gasteiger partial charge in [0.1, 0.15) is 13.2 Å². The van der Waals surface area contributed by atoms with Gasteiger partial charge in [0.15, 0.2) is 24.1 Å². The quantitative estimate of drug-likeness (QED) is 0.0290. The van der Waals surface area contributed by atoms with Gasteiger partial charge < -0.3 is 9.47 Å². The molecule has 7 aromatic rings. The van der Waals surface area contributed by atoms with Crippen LogP contribution in [0.3, 0.4) is 0 Å². The van der Waals surface area contributed by atoms with Crippen LogP contribution in [0.5, 0.6) is 11.5 Å². The molecule has 404 valence electrons. The summed E-state index contributed by atoms with van der Waals surface area (Å²) in [5.74, 6) is 1.80. The molecule has 0 amide bonds. The van der Waals surface area contributed by atoms with E-state index in [-0.39, 0.29) is 0 Å². The molecule has 0 saturated heterocycles. The summed E-state index contributed by atoms with van der Waals surface area (Å²) in [7, 11) is 0. The molecule has 0 radical (unpaired) electrons. The lowest BCUT2D eigenvalue weighted by atomic mass is 10.0. The average molecular weight is 1140 g/mol. The van der Waals surface area contributed by atoms with E-state index in [0.717, 1.165) is 59.5 Å². The molecule has 11 heteroatoms. The summed E-state index contributed by atoms with van der Waals surface area (Å²) in [5, 5.41) is 0. The number of carbonyl (C=O) groups excluding carboxylic acids is 2. The number of carbonyl (C=O) groups is 2. The van der Waals surface area contributed by atoms with E-state index < -0.39 is 0 Å². The zero-order chi connectivity index (χ0) is 52.2. The normalized spacial score (nSPS) is 12.4. The first-order valence-corrected chi connectivity index (χ1v) is 34.7. The predicted molar refractivity (Wildman–Crippen MR) is 334 cm³/mol. The smallest absolute Gasteiger partial charge is 0.181 e. The highest BCUT2D eigenvalue weighted by molar-refractivity contribution is 7.31. The van der Waals surface area contributed by atoms with Gasteiger partial charge in [0, 0.05) is 48.8 Å². The Kier molecular flexibility index (Phi) is 23.9. The van der Waals surface area contributed by atoms with E-state index in [0.29, 0.717) is 13.2 Å². The van der Waals surface area contributed by atoms with Crippen molar-refractivity contribution in [2.75, 3.05) is 13.2 Å². The molecule has 75 heavy (non-hydrogen) atoms. The second-order valence-corrected chi connectivity index (χ2v) is 28.1. The minimum atomic E-state index is 0.546. The van der Waals surface area contributed by atoms with Gasteiger partial charge in [0.2, 0.25) is 0 Å². The second kappa shape index (κ2) is 30.8. The number of fused-ring (bicyclic) bond motifs is 1. The molecule has 0 saturated carbocycles. The van der Waals surface area contributed by atoms with Gasteiger partial charge in [-0.3, -0.25) is 9.59 Å². The van der Waals surface area contributed by atoms with Gasteiger partial charge in [-0.25, -0.2) is 0 Å². The van der Waals surface area contributed by atoms with Crippen molar-refractivity contribution in [3.8, 4) is 70.0 Å². The predicted octanol–water partition coefficient (Wildman–Crippen LogP) is 23.1. The van der Waals surface area contributed by atoms with Crippen molar-refractivity contribution in [3.05, 3.63) is 80.5 Å². The van der Waals surface area contributed by atoms with Gasteiger partial charge in [-0.15, -0.1) is 79.4 Å². The Hall–Kier alpha value is -3.16. The molecule has 0 aliphatic carbocycles. The van der Waals surface area contributed by atoms with E-state index in [1.165, 1.54) is 235 Å². The lowest BCUT2D eigenvalue weighted by Gasteiger charge is -2.16. The Morgan fingerprint density at radius 2 is 0.627 bits per heavy atom. The van der Waals surface area contributed by atoms with Crippen molar-refractivity contribution in [1.29, 1.82) is 0 Å². The van der Waals surface area contributed by atoms with E-state index in [1.807, 2.05) is 56.7 Å². The van der Waals surface area contributed by atoms with E-state index in [9.17, 15) is 9.59 Å². The first-order valence-electron chi connectivity index (χ1n) is 29.0. The number of hydrogen-bond acceptors (Lipinski definition) is 11. The number of rotatable bonds is 36. The number of aryl methyl sites for hydroxylation is 4. The molecule has 4 nitrogen and oxygen atoms in total. The molecule has 1 aliphatic rings. The van der Waals surface area contributed by atoms with Gasteiger partial charge in [-0.05, 0) is 122 Å². The summed E-state index contributed by atoms with van der Waals surface area (Å²) in [4.78, 5) is 41.2. The first-order chi connectivity index (χ1) is 37.0. The van der Waals surface area contributed by atoms with Crippen LogP contribution in [0.1, 0.15) is 223 Å². The number of unbranched alkanes of at least 4 members (excludes halogenated alkanes) is 20. The molecule has 0 bridgehead atoms. The minimum absolute atomic E-state index is 0.546. The number of ether oxygens (including phenoxy) is 2. The van der Waals surface area contributed by atoms with Gasteiger partial charge >= 0.3 is 0 Å². The lowest BCUT2D eigenvalue weighted by Crippen LogP contribution is -2.14. The topological polar surface area (TPSA) is 52.6 Å². The Balaban J connectivity index is 1.11. The first kappa shape index (κ1) is 58.0. The molecular formula is C64H82O4S7. The van der Waals surface area contributed by atoms with Gasteiger partial charge in [0.05, 0.1) is 19.5 Å². The summed E-state index contributed by atoms with van der Waals surface area (Å²) >= 11 is 12.8. The Morgan fingerprint density at radius 1 is 0.333 bits per heavy atom. The van der Waals surface area contributed by atoms with Crippen molar-refractivity contribution in [2.45, 2.75) is 207 Å².